The Kier molecular flexibility index (Phi) is 2.36. The Hall–Kier alpha value is -1.97. The van der Waals surface area contributed by atoms with Crippen molar-refractivity contribution in [1.82, 2.24) is 9.97 Å². The van der Waals surface area contributed by atoms with Crippen molar-refractivity contribution in [3.8, 4) is 11.6 Å². The zero-order chi connectivity index (χ0) is 9.80. The number of halogens is 1. The lowest BCUT2D eigenvalue weighted by Crippen LogP contribution is -1.90. The summed E-state index contributed by atoms with van der Waals surface area (Å²) in [7, 11) is 0. The topological polar surface area (TPSA) is 35.0 Å². The fourth-order valence-electron chi connectivity index (χ4n) is 0.945. The number of hydrogen-bond donors (Lipinski definition) is 0. The van der Waals surface area contributed by atoms with Crippen LogP contribution >= 0.6 is 0 Å². The molecule has 0 spiro atoms. The average Bonchev–Trinajstić information content (AvgIpc) is 2.23. The first kappa shape index (κ1) is 8.62. The summed E-state index contributed by atoms with van der Waals surface area (Å²) in [6.07, 6.45) is 5.22. The smallest absolute Gasteiger partial charge is 0.238 e. The monoisotopic (exact) mass is 189 g/mol. The van der Waals surface area contributed by atoms with Crippen LogP contribution in [0.2, 0.25) is 0 Å². The van der Waals surface area contributed by atoms with Crippen molar-refractivity contribution in [2.45, 2.75) is 0 Å². The lowest BCUT2D eigenvalue weighted by atomic mass is 10.3. The summed E-state index contributed by atoms with van der Waals surface area (Å²) in [6.45, 7) is 0. The van der Waals surface area contributed by atoms with Gasteiger partial charge in [-0.1, -0.05) is 12.1 Å². The molecule has 0 N–H and O–H groups in total. The normalized spacial score (nSPS) is 9.79. The number of ether oxygens (including phenoxy) is 1. The lowest BCUT2D eigenvalue weighted by Gasteiger charge is -2.03. The van der Waals surface area contributed by atoms with Gasteiger partial charge in [-0.15, -0.1) is 0 Å². The second-order valence-corrected chi connectivity index (χ2v) is 2.52. The number of aromatic nitrogens is 2. The lowest BCUT2D eigenvalue weighted by molar-refractivity contribution is 0.425. The SMILES string of the molecule is Fc1ccccc1Oc1cn[c]cn1. The zero-order valence-electron chi connectivity index (χ0n) is 7.14. The summed E-state index contributed by atoms with van der Waals surface area (Å²) in [5.74, 6) is -0.0519. The molecule has 1 aromatic heterocycles. The predicted octanol–water partition coefficient (Wildman–Crippen LogP) is 2.21. The van der Waals surface area contributed by atoms with E-state index in [9.17, 15) is 4.39 Å². The highest BCUT2D eigenvalue weighted by atomic mass is 19.1. The van der Waals surface area contributed by atoms with Gasteiger partial charge in [-0.3, -0.25) is 0 Å². The van der Waals surface area contributed by atoms with Crippen LogP contribution in [0.4, 0.5) is 4.39 Å². The highest BCUT2D eigenvalue weighted by Crippen LogP contribution is 2.20. The third-order valence-electron chi connectivity index (χ3n) is 1.55. The number of nitrogens with zero attached hydrogens (tertiary/aromatic N) is 2. The minimum Gasteiger partial charge on any atom is -0.434 e. The molecule has 0 aliphatic heterocycles. The largest absolute Gasteiger partial charge is 0.434 e. The van der Waals surface area contributed by atoms with Crippen LogP contribution < -0.4 is 4.74 Å². The molecule has 0 fully saturated rings. The van der Waals surface area contributed by atoms with Crippen LogP contribution in [0.1, 0.15) is 0 Å². The summed E-state index contributed by atoms with van der Waals surface area (Å²) in [6, 6.07) is 6.11. The first-order valence-corrected chi connectivity index (χ1v) is 3.97. The van der Waals surface area contributed by atoms with Crippen LogP contribution in [0, 0.1) is 12.0 Å². The maximum atomic E-state index is 13.1. The summed E-state index contributed by atoms with van der Waals surface area (Å²) in [4.78, 5) is 7.48. The van der Waals surface area contributed by atoms with Gasteiger partial charge in [0, 0.05) is 0 Å². The number of hydrogen-bond acceptors (Lipinski definition) is 3. The molecule has 1 heterocycles. The molecule has 1 radical (unpaired) electrons. The first-order chi connectivity index (χ1) is 6.86. The summed E-state index contributed by atoms with van der Waals surface area (Å²) in [5.41, 5.74) is 0. The van der Waals surface area contributed by atoms with Gasteiger partial charge in [0.2, 0.25) is 5.88 Å². The van der Waals surface area contributed by atoms with Crippen molar-refractivity contribution >= 4 is 0 Å². The van der Waals surface area contributed by atoms with Crippen molar-refractivity contribution in [2.24, 2.45) is 0 Å². The second-order valence-electron chi connectivity index (χ2n) is 2.52. The van der Waals surface area contributed by atoms with E-state index in [2.05, 4.69) is 16.2 Å². The van der Waals surface area contributed by atoms with Gasteiger partial charge in [0.05, 0.1) is 12.4 Å². The van der Waals surface area contributed by atoms with Gasteiger partial charge in [0.25, 0.3) is 0 Å². The van der Waals surface area contributed by atoms with Gasteiger partial charge >= 0.3 is 0 Å². The van der Waals surface area contributed by atoms with Crippen LogP contribution in [-0.2, 0) is 0 Å². The maximum Gasteiger partial charge on any atom is 0.238 e. The van der Waals surface area contributed by atoms with E-state index in [1.54, 1.807) is 12.1 Å². The summed E-state index contributed by atoms with van der Waals surface area (Å²) >= 11 is 0. The Labute approximate surface area is 80.2 Å². The Morgan fingerprint density at radius 1 is 1.29 bits per heavy atom. The third kappa shape index (κ3) is 1.85. The zero-order valence-corrected chi connectivity index (χ0v) is 7.14. The first-order valence-electron chi connectivity index (χ1n) is 3.97. The molecule has 4 heteroatoms. The van der Waals surface area contributed by atoms with E-state index in [1.807, 2.05) is 0 Å². The van der Waals surface area contributed by atoms with Crippen molar-refractivity contribution in [1.29, 1.82) is 0 Å². The second kappa shape index (κ2) is 3.83. The molecular weight excluding hydrogens is 183 g/mol. The minimum atomic E-state index is -0.429. The summed E-state index contributed by atoms with van der Waals surface area (Å²) in [5, 5.41) is 0. The van der Waals surface area contributed by atoms with Gasteiger partial charge in [-0.05, 0) is 12.1 Å². The van der Waals surface area contributed by atoms with Gasteiger partial charge in [-0.2, -0.15) is 0 Å². The van der Waals surface area contributed by atoms with Gasteiger partial charge in [0.1, 0.15) is 6.20 Å². The standard InChI is InChI=1S/C10H6FN2O/c11-8-3-1-2-4-9(8)14-10-7-12-5-6-13-10/h1-4,6-7H. The number of rotatable bonds is 2. The Morgan fingerprint density at radius 3 is 2.86 bits per heavy atom. The van der Waals surface area contributed by atoms with E-state index in [0.29, 0.717) is 0 Å². The highest BCUT2D eigenvalue weighted by Gasteiger charge is 2.03. The predicted molar refractivity (Wildman–Crippen MR) is 47.3 cm³/mol. The van der Waals surface area contributed by atoms with Crippen LogP contribution in [0.5, 0.6) is 11.6 Å². The van der Waals surface area contributed by atoms with Crippen molar-refractivity contribution in [2.75, 3.05) is 0 Å². The van der Waals surface area contributed by atoms with Crippen LogP contribution in [0.25, 0.3) is 0 Å². The molecule has 0 saturated carbocycles. The molecule has 69 valence electrons. The third-order valence-corrected chi connectivity index (χ3v) is 1.55. The van der Waals surface area contributed by atoms with Crippen molar-refractivity contribution in [3.05, 3.63) is 48.7 Å². The highest BCUT2D eigenvalue weighted by molar-refractivity contribution is 5.27. The fourth-order valence-corrected chi connectivity index (χ4v) is 0.945. The average molecular weight is 189 g/mol. The Balaban J connectivity index is 2.24. The van der Waals surface area contributed by atoms with E-state index in [-0.39, 0.29) is 11.6 Å². The van der Waals surface area contributed by atoms with Crippen molar-refractivity contribution < 1.29 is 9.13 Å². The van der Waals surface area contributed by atoms with E-state index >= 15 is 0 Å². The van der Waals surface area contributed by atoms with Crippen LogP contribution in [0.3, 0.4) is 0 Å². The molecule has 2 rings (SSSR count). The molecule has 0 atom stereocenters. The van der Waals surface area contributed by atoms with E-state index in [4.69, 9.17) is 4.74 Å². The molecular formula is C10H6FN2O. The van der Waals surface area contributed by atoms with Gasteiger partial charge in [-0.25, -0.2) is 14.4 Å². The number of benzene rings is 1. The Morgan fingerprint density at radius 2 is 2.14 bits per heavy atom. The van der Waals surface area contributed by atoms with E-state index in [0.717, 1.165) is 0 Å². The molecule has 14 heavy (non-hydrogen) atoms. The number of para-hydroxylation sites is 1. The van der Waals surface area contributed by atoms with Gasteiger partial charge < -0.3 is 4.74 Å². The van der Waals surface area contributed by atoms with E-state index in [1.165, 1.54) is 24.5 Å². The Bertz CT molecular complexity index is 419. The van der Waals surface area contributed by atoms with Crippen LogP contribution in [0.15, 0.2) is 36.7 Å². The van der Waals surface area contributed by atoms with Crippen molar-refractivity contribution in [3.63, 3.8) is 0 Å². The molecule has 0 amide bonds. The molecule has 0 saturated heterocycles. The molecule has 0 unspecified atom stereocenters. The minimum absolute atomic E-state index is 0.132. The molecule has 0 bridgehead atoms. The molecule has 0 aliphatic carbocycles. The molecule has 3 nitrogen and oxygen atoms in total. The summed E-state index contributed by atoms with van der Waals surface area (Å²) < 4.78 is 18.2. The molecule has 2 aromatic rings. The molecule has 0 aliphatic rings. The van der Waals surface area contributed by atoms with E-state index < -0.39 is 5.82 Å². The molecule has 1 aromatic carbocycles. The fraction of sp³-hybridized carbons (Fsp3) is 0. The van der Waals surface area contributed by atoms with Crippen LogP contribution in [-0.4, -0.2) is 9.97 Å². The maximum absolute atomic E-state index is 13.1. The van der Waals surface area contributed by atoms with Gasteiger partial charge in [0.15, 0.2) is 11.6 Å². The quantitative estimate of drug-likeness (QED) is 0.726.